The Labute approximate surface area is 57.0 Å². The maximum Gasteiger partial charge on any atom is 0.293 e. The van der Waals surface area contributed by atoms with Crippen molar-refractivity contribution in [2.75, 3.05) is 0 Å². The second-order valence-corrected chi connectivity index (χ2v) is 1.70. The van der Waals surface area contributed by atoms with Gasteiger partial charge in [0.1, 0.15) is 11.8 Å². The van der Waals surface area contributed by atoms with Crippen molar-refractivity contribution >= 4 is 6.47 Å². The summed E-state index contributed by atoms with van der Waals surface area (Å²) in [4.78, 5) is 9.81. The molecule has 0 bridgehead atoms. The number of hydrogen-bond donors (Lipinski definition) is 0. The third-order valence-corrected chi connectivity index (χ3v) is 1.05. The SMILES string of the molecule is CC(OC=O)c1conn1. The third-order valence-electron chi connectivity index (χ3n) is 1.05. The second-order valence-electron chi connectivity index (χ2n) is 1.70. The Morgan fingerprint density at radius 2 is 2.70 bits per heavy atom. The van der Waals surface area contributed by atoms with Crippen LogP contribution in [0, 0.1) is 0 Å². The standard InChI is InChI=1S/C5H6N2O3/c1-4(9-3-8)5-2-10-7-6-5/h2-4H,1H3. The number of hydrogen-bond acceptors (Lipinski definition) is 5. The topological polar surface area (TPSA) is 65.2 Å². The predicted octanol–water partition coefficient (Wildman–Crippen LogP) is 0.304. The van der Waals surface area contributed by atoms with Gasteiger partial charge in [0.25, 0.3) is 6.47 Å². The first-order valence-electron chi connectivity index (χ1n) is 2.70. The molecule has 10 heavy (non-hydrogen) atoms. The van der Waals surface area contributed by atoms with Crippen molar-refractivity contribution in [2.24, 2.45) is 0 Å². The molecule has 5 nitrogen and oxygen atoms in total. The summed E-state index contributed by atoms with van der Waals surface area (Å²) < 4.78 is 8.97. The van der Waals surface area contributed by atoms with Crippen molar-refractivity contribution in [2.45, 2.75) is 13.0 Å². The first kappa shape index (κ1) is 6.73. The number of carbonyl (C=O) groups excluding carboxylic acids is 1. The molecule has 0 aliphatic heterocycles. The molecular weight excluding hydrogens is 136 g/mol. The molecule has 1 unspecified atom stereocenters. The molecular formula is C5H6N2O3. The molecule has 5 heteroatoms. The molecule has 54 valence electrons. The Hall–Kier alpha value is -1.39. The van der Waals surface area contributed by atoms with Crippen LogP contribution in [0.1, 0.15) is 18.7 Å². The van der Waals surface area contributed by atoms with E-state index in [2.05, 4.69) is 19.6 Å². The predicted molar refractivity (Wildman–Crippen MR) is 29.9 cm³/mol. The van der Waals surface area contributed by atoms with Crippen LogP contribution in [0.5, 0.6) is 0 Å². The summed E-state index contributed by atoms with van der Waals surface area (Å²) >= 11 is 0. The average Bonchev–Trinajstić information content (AvgIpc) is 2.38. The normalized spacial score (nSPS) is 12.5. The Morgan fingerprint density at radius 1 is 1.90 bits per heavy atom. The highest BCUT2D eigenvalue weighted by Gasteiger charge is 2.08. The summed E-state index contributed by atoms with van der Waals surface area (Å²) in [6, 6.07) is 0. The van der Waals surface area contributed by atoms with E-state index in [-0.39, 0.29) is 6.10 Å². The molecule has 0 saturated heterocycles. The fourth-order valence-electron chi connectivity index (χ4n) is 0.502. The maximum absolute atomic E-state index is 9.81. The van der Waals surface area contributed by atoms with E-state index in [1.807, 2.05) is 0 Å². The van der Waals surface area contributed by atoms with Gasteiger partial charge in [-0.1, -0.05) is 0 Å². The van der Waals surface area contributed by atoms with Gasteiger partial charge in [-0.15, -0.1) is 5.10 Å². The van der Waals surface area contributed by atoms with E-state index in [0.29, 0.717) is 12.2 Å². The van der Waals surface area contributed by atoms with Gasteiger partial charge >= 0.3 is 0 Å². The molecule has 0 saturated carbocycles. The molecule has 0 radical (unpaired) electrons. The molecule has 1 aromatic rings. The smallest absolute Gasteiger partial charge is 0.293 e. The van der Waals surface area contributed by atoms with Gasteiger partial charge in [0, 0.05) is 5.27 Å². The summed E-state index contributed by atoms with van der Waals surface area (Å²) in [7, 11) is 0. The summed E-state index contributed by atoms with van der Waals surface area (Å²) in [5.41, 5.74) is 0.507. The maximum atomic E-state index is 9.81. The van der Waals surface area contributed by atoms with Crippen molar-refractivity contribution in [3.05, 3.63) is 12.0 Å². The van der Waals surface area contributed by atoms with E-state index in [1.54, 1.807) is 6.92 Å². The average molecular weight is 142 g/mol. The fourth-order valence-corrected chi connectivity index (χ4v) is 0.502. The molecule has 0 aliphatic rings. The zero-order chi connectivity index (χ0) is 7.40. The summed E-state index contributed by atoms with van der Waals surface area (Å²) in [5, 5.41) is 6.74. The van der Waals surface area contributed by atoms with E-state index < -0.39 is 0 Å². The lowest BCUT2D eigenvalue weighted by molar-refractivity contribution is -0.133. The Bertz CT molecular complexity index is 197. The van der Waals surface area contributed by atoms with Gasteiger partial charge in [-0.2, -0.15) is 0 Å². The molecule has 1 rings (SSSR count). The lowest BCUT2D eigenvalue weighted by Gasteiger charge is -2.01. The van der Waals surface area contributed by atoms with Crippen LogP contribution in [0.4, 0.5) is 0 Å². The summed E-state index contributed by atoms with van der Waals surface area (Å²) in [5.74, 6) is 0. The van der Waals surface area contributed by atoms with Crippen molar-refractivity contribution in [3.8, 4) is 0 Å². The van der Waals surface area contributed by atoms with Crippen LogP contribution >= 0.6 is 0 Å². The first-order valence-corrected chi connectivity index (χ1v) is 2.70. The molecule has 0 N–H and O–H groups in total. The second kappa shape index (κ2) is 2.95. The van der Waals surface area contributed by atoms with Gasteiger partial charge in [-0.25, -0.2) is 0 Å². The van der Waals surface area contributed by atoms with Crippen LogP contribution < -0.4 is 0 Å². The minimum absolute atomic E-state index is 0.360. The zero-order valence-corrected chi connectivity index (χ0v) is 5.35. The molecule has 0 aliphatic carbocycles. The minimum atomic E-state index is -0.385. The van der Waals surface area contributed by atoms with Crippen LogP contribution in [0.3, 0.4) is 0 Å². The summed E-state index contributed by atoms with van der Waals surface area (Å²) in [6.07, 6.45) is 0.942. The van der Waals surface area contributed by atoms with Crippen LogP contribution in [-0.4, -0.2) is 16.8 Å². The Balaban J connectivity index is 2.58. The monoisotopic (exact) mass is 142 g/mol. The van der Waals surface area contributed by atoms with Gasteiger partial charge in [0.05, 0.1) is 0 Å². The molecule has 0 spiro atoms. The van der Waals surface area contributed by atoms with E-state index >= 15 is 0 Å². The minimum Gasteiger partial charge on any atom is -0.458 e. The van der Waals surface area contributed by atoms with Gasteiger partial charge in [-0.05, 0) is 6.92 Å². The molecule has 1 atom stereocenters. The van der Waals surface area contributed by atoms with Crippen LogP contribution in [0.15, 0.2) is 10.8 Å². The lowest BCUT2D eigenvalue weighted by atomic mass is 10.3. The number of nitrogens with zero attached hydrogens (tertiary/aromatic N) is 2. The largest absolute Gasteiger partial charge is 0.458 e. The quantitative estimate of drug-likeness (QED) is 0.568. The van der Waals surface area contributed by atoms with E-state index in [9.17, 15) is 4.79 Å². The number of ether oxygens (including phenoxy) is 1. The van der Waals surface area contributed by atoms with Gasteiger partial charge in [-0.3, -0.25) is 4.79 Å². The number of rotatable bonds is 3. The lowest BCUT2D eigenvalue weighted by Crippen LogP contribution is -1.97. The van der Waals surface area contributed by atoms with Crippen molar-refractivity contribution < 1.29 is 14.1 Å². The van der Waals surface area contributed by atoms with E-state index in [1.165, 1.54) is 6.26 Å². The molecule has 0 aromatic carbocycles. The van der Waals surface area contributed by atoms with Gasteiger partial charge in [0.15, 0.2) is 6.26 Å². The van der Waals surface area contributed by atoms with Crippen molar-refractivity contribution in [1.82, 2.24) is 10.4 Å². The Kier molecular flexibility index (Phi) is 1.99. The number of carbonyl (C=O) groups is 1. The highest BCUT2D eigenvalue weighted by molar-refractivity contribution is 5.37. The Morgan fingerprint density at radius 3 is 3.20 bits per heavy atom. The summed E-state index contributed by atoms with van der Waals surface area (Å²) in [6.45, 7) is 2.03. The molecule has 0 fully saturated rings. The highest BCUT2D eigenvalue weighted by atomic mass is 16.5. The van der Waals surface area contributed by atoms with E-state index in [0.717, 1.165) is 0 Å². The highest BCUT2D eigenvalue weighted by Crippen LogP contribution is 2.10. The molecule has 1 heterocycles. The molecule has 1 aromatic heterocycles. The van der Waals surface area contributed by atoms with Gasteiger partial charge < -0.3 is 9.26 Å². The van der Waals surface area contributed by atoms with Crippen LogP contribution in [0.2, 0.25) is 0 Å². The fraction of sp³-hybridized carbons (Fsp3) is 0.400. The van der Waals surface area contributed by atoms with Gasteiger partial charge in [0.2, 0.25) is 0 Å². The van der Waals surface area contributed by atoms with Crippen LogP contribution in [-0.2, 0) is 9.53 Å². The zero-order valence-electron chi connectivity index (χ0n) is 5.35. The number of aromatic nitrogens is 2. The van der Waals surface area contributed by atoms with Crippen molar-refractivity contribution in [3.63, 3.8) is 0 Å². The third kappa shape index (κ3) is 1.31. The van der Waals surface area contributed by atoms with Crippen molar-refractivity contribution in [1.29, 1.82) is 0 Å². The van der Waals surface area contributed by atoms with Crippen LogP contribution in [0.25, 0.3) is 0 Å². The first-order chi connectivity index (χ1) is 4.84. The van der Waals surface area contributed by atoms with E-state index in [4.69, 9.17) is 0 Å². The molecule has 0 amide bonds.